The minimum atomic E-state index is -0.260. The van der Waals surface area contributed by atoms with Crippen molar-refractivity contribution in [3.8, 4) is 0 Å². The van der Waals surface area contributed by atoms with Crippen molar-refractivity contribution in [3.63, 3.8) is 0 Å². The minimum Gasteiger partial charge on any atom is -0.462 e. The lowest BCUT2D eigenvalue weighted by Crippen LogP contribution is -2.20. The first-order valence-electron chi connectivity index (χ1n) is 6.87. The van der Waals surface area contributed by atoms with E-state index >= 15 is 0 Å². The summed E-state index contributed by atoms with van der Waals surface area (Å²) in [6.45, 7) is 9.93. The van der Waals surface area contributed by atoms with Crippen LogP contribution < -0.4 is 5.32 Å². The highest BCUT2D eigenvalue weighted by Crippen LogP contribution is 2.13. The molecule has 0 fully saturated rings. The van der Waals surface area contributed by atoms with Crippen LogP contribution in [0.2, 0.25) is 0 Å². The van der Waals surface area contributed by atoms with Gasteiger partial charge >= 0.3 is 5.97 Å². The molecule has 0 radical (unpaired) electrons. The number of hydrogen-bond donors (Lipinski definition) is 1. The Morgan fingerprint density at radius 1 is 1.40 bits per heavy atom. The Bertz CT molecular complexity index is 441. The predicted molar refractivity (Wildman–Crippen MR) is 76.5 cm³/mol. The molecule has 0 aliphatic carbocycles. The topological polar surface area (TPSA) is 65.4 Å². The quantitative estimate of drug-likeness (QED) is 0.573. The Labute approximate surface area is 120 Å². The molecule has 0 saturated heterocycles. The van der Waals surface area contributed by atoms with Crippen molar-refractivity contribution in [2.24, 2.45) is 0 Å². The molecule has 20 heavy (non-hydrogen) atoms. The molecule has 0 aliphatic heterocycles. The number of methoxy groups -OCH3 is 1. The van der Waals surface area contributed by atoms with E-state index in [1.807, 2.05) is 27.7 Å². The average Bonchev–Trinajstić information content (AvgIpc) is 2.60. The van der Waals surface area contributed by atoms with Crippen LogP contribution in [0.1, 0.15) is 30.8 Å². The highest BCUT2D eigenvalue weighted by atomic mass is 16.5. The van der Waals surface area contributed by atoms with Gasteiger partial charge in [0.15, 0.2) is 0 Å². The van der Waals surface area contributed by atoms with Crippen LogP contribution in [0.25, 0.3) is 0 Å². The molecule has 0 aliphatic rings. The SMILES string of the molecule is COCCNCc1c(C)nn(CC(=O)OC(C)C)c1C. The summed E-state index contributed by atoms with van der Waals surface area (Å²) in [6, 6.07) is 0. The predicted octanol–water partition coefficient (Wildman–Crippen LogP) is 1.19. The second kappa shape index (κ2) is 8.01. The van der Waals surface area contributed by atoms with E-state index in [4.69, 9.17) is 9.47 Å². The summed E-state index contributed by atoms with van der Waals surface area (Å²) in [6.07, 6.45) is -0.102. The highest BCUT2D eigenvalue weighted by molar-refractivity contribution is 5.69. The molecule has 6 nitrogen and oxygen atoms in total. The number of aromatic nitrogens is 2. The number of nitrogens with one attached hydrogen (secondary N) is 1. The van der Waals surface area contributed by atoms with Gasteiger partial charge in [-0.3, -0.25) is 9.48 Å². The number of carbonyl (C=O) groups is 1. The van der Waals surface area contributed by atoms with Gasteiger partial charge in [-0.2, -0.15) is 5.10 Å². The van der Waals surface area contributed by atoms with E-state index in [0.717, 1.165) is 30.0 Å². The summed E-state index contributed by atoms with van der Waals surface area (Å²) in [5.41, 5.74) is 3.05. The van der Waals surface area contributed by atoms with Crippen LogP contribution in [0, 0.1) is 13.8 Å². The van der Waals surface area contributed by atoms with Gasteiger partial charge in [0.05, 0.1) is 18.4 Å². The molecule has 0 spiro atoms. The molecule has 1 aromatic rings. The van der Waals surface area contributed by atoms with Crippen LogP contribution in [0.4, 0.5) is 0 Å². The number of carbonyl (C=O) groups excluding carboxylic acids is 1. The average molecular weight is 283 g/mol. The molecule has 0 amide bonds. The summed E-state index contributed by atoms with van der Waals surface area (Å²) in [7, 11) is 1.68. The van der Waals surface area contributed by atoms with Crippen LogP contribution in [0.5, 0.6) is 0 Å². The Morgan fingerprint density at radius 3 is 2.70 bits per heavy atom. The van der Waals surface area contributed by atoms with E-state index in [0.29, 0.717) is 6.61 Å². The summed E-state index contributed by atoms with van der Waals surface area (Å²) >= 11 is 0. The van der Waals surface area contributed by atoms with E-state index in [-0.39, 0.29) is 18.6 Å². The third kappa shape index (κ3) is 4.94. The lowest BCUT2D eigenvalue weighted by atomic mass is 10.2. The molecule has 0 atom stereocenters. The molecule has 0 aromatic carbocycles. The Kier molecular flexibility index (Phi) is 6.67. The zero-order valence-corrected chi connectivity index (χ0v) is 13.0. The second-order valence-corrected chi connectivity index (χ2v) is 5.02. The number of esters is 1. The van der Waals surface area contributed by atoms with E-state index in [1.54, 1.807) is 11.8 Å². The zero-order chi connectivity index (χ0) is 15.1. The van der Waals surface area contributed by atoms with Crippen LogP contribution in [0.3, 0.4) is 0 Å². The molecule has 0 bridgehead atoms. The summed E-state index contributed by atoms with van der Waals surface area (Å²) < 4.78 is 11.8. The van der Waals surface area contributed by atoms with Gasteiger partial charge in [0.25, 0.3) is 0 Å². The number of ether oxygens (including phenoxy) is 2. The molecule has 1 aromatic heterocycles. The monoisotopic (exact) mass is 283 g/mol. The highest BCUT2D eigenvalue weighted by Gasteiger charge is 2.14. The fourth-order valence-electron chi connectivity index (χ4n) is 1.95. The standard InChI is InChI=1S/C14H25N3O3/c1-10(2)20-14(18)9-17-12(4)13(11(3)16-17)8-15-6-7-19-5/h10,15H,6-9H2,1-5H3. The maximum absolute atomic E-state index is 11.7. The summed E-state index contributed by atoms with van der Waals surface area (Å²) in [5, 5.41) is 7.69. The molecular formula is C14H25N3O3. The van der Waals surface area contributed by atoms with E-state index in [1.165, 1.54) is 0 Å². The zero-order valence-electron chi connectivity index (χ0n) is 13.0. The minimum absolute atomic E-state index is 0.102. The van der Waals surface area contributed by atoms with Gasteiger partial charge in [-0.1, -0.05) is 0 Å². The number of rotatable bonds is 8. The fourth-order valence-corrected chi connectivity index (χ4v) is 1.95. The van der Waals surface area contributed by atoms with Crippen molar-refractivity contribution in [3.05, 3.63) is 17.0 Å². The number of nitrogens with zero attached hydrogens (tertiary/aromatic N) is 2. The summed E-state index contributed by atoms with van der Waals surface area (Å²) in [5.74, 6) is -0.260. The van der Waals surface area contributed by atoms with Crippen molar-refractivity contribution in [2.75, 3.05) is 20.3 Å². The van der Waals surface area contributed by atoms with Crippen molar-refractivity contribution < 1.29 is 14.3 Å². The van der Waals surface area contributed by atoms with Gasteiger partial charge in [0.2, 0.25) is 0 Å². The van der Waals surface area contributed by atoms with Crippen LogP contribution in [-0.4, -0.2) is 42.1 Å². The molecule has 1 rings (SSSR count). The molecular weight excluding hydrogens is 258 g/mol. The molecule has 0 unspecified atom stereocenters. The first-order chi connectivity index (χ1) is 9.45. The maximum atomic E-state index is 11.7. The van der Waals surface area contributed by atoms with E-state index in [2.05, 4.69) is 10.4 Å². The van der Waals surface area contributed by atoms with Crippen LogP contribution in [-0.2, 0) is 27.4 Å². The first-order valence-corrected chi connectivity index (χ1v) is 6.87. The molecule has 6 heteroatoms. The van der Waals surface area contributed by atoms with Gasteiger partial charge in [0, 0.05) is 31.5 Å². The van der Waals surface area contributed by atoms with Gasteiger partial charge < -0.3 is 14.8 Å². The van der Waals surface area contributed by atoms with E-state index < -0.39 is 0 Å². The van der Waals surface area contributed by atoms with Crippen molar-refractivity contribution in [1.29, 1.82) is 0 Å². The van der Waals surface area contributed by atoms with Gasteiger partial charge in [-0.05, 0) is 27.7 Å². The third-order valence-electron chi connectivity index (χ3n) is 2.96. The fraction of sp³-hybridized carbons (Fsp3) is 0.714. The normalized spacial score (nSPS) is 11.1. The van der Waals surface area contributed by atoms with Gasteiger partial charge in [-0.15, -0.1) is 0 Å². The van der Waals surface area contributed by atoms with Crippen LogP contribution in [0.15, 0.2) is 0 Å². The lowest BCUT2D eigenvalue weighted by molar-refractivity contribution is -0.148. The van der Waals surface area contributed by atoms with Gasteiger partial charge in [-0.25, -0.2) is 0 Å². The van der Waals surface area contributed by atoms with Crippen LogP contribution >= 0.6 is 0 Å². The summed E-state index contributed by atoms with van der Waals surface area (Å²) in [4.78, 5) is 11.7. The van der Waals surface area contributed by atoms with Crippen molar-refractivity contribution in [1.82, 2.24) is 15.1 Å². The second-order valence-electron chi connectivity index (χ2n) is 5.02. The maximum Gasteiger partial charge on any atom is 0.328 e. The Hall–Kier alpha value is -1.40. The lowest BCUT2D eigenvalue weighted by Gasteiger charge is -2.09. The van der Waals surface area contributed by atoms with Gasteiger partial charge in [0.1, 0.15) is 6.54 Å². The molecule has 1 N–H and O–H groups in total. The first kappa shape index (κ1) is 16.7. The molecule has 1 heterocycles. The largest absolute Gasteiger partial charge is 0.462 e. The van der Waals surface area contributed by atoms with E-state index in [9.17, 15) is 4.79 Å². The van der Waals surface area contributed by atoms with Crippen molar-refractivity contribution >= 4 is 5.97 Å². The smallest absolute Gasteiger partial charge is 0.328 e. The number of aryl methyl sites for hydroxylation is 1. The molecule has 0 saturated carbocycles. The third-order valence-corrected chi connectivity index (χ3v) is 2.96. The number of hydrogen-bond acceptors (Lipinski definition) is 5. The van der Waals surface area contributed by atoms with Crippen molar-refractivity contribution in [2.45, 2.75) is 46.9 Å². The molecule has 114 valence electrons. The Morgan fingerprint density at radius 2 is 2.10 bits per heavy atom. The Balaban J connectivity index is 2.63.